The van der Waals surface area contributed by atoms with Gasteiger partial charge >= 0.3 is 5.97 Å². The number of nitrogens with two attached hydrogens (primary N) is 1. The van der Waals surface area contributed by atoms with E-state index in [0.717, 1.165) is 25.7 Å². The van der Waals surface area contributed by atoms with Crippen LogP contribution in [0, 0.1) is 0 Å². The van der Waals surface area contributed by atoms with Gasteiger partial charge in [0.15, 0.2) is 0 Å². The van der Waals surface area contributed by atoms with E-state index in [4.69, 9.17) is 9.88 Å². The van der Waals surface area contributed by atoms with E-state index in [2.05, 4.69) is 0 Å². The highest BCUT2D eigenvalue weighted by Crippen LogP contribution is 2.23. The van der Waals surface area contributed by atoms with Crippen LogP contribution in [0.3, 0.4) is 0 Å². The zero-order chi connectivity index (χ0) is 15.6. The highest BCUT2D eigenvalue weighted by atomic mass is 32.2. The molecular weight excluding hydrogens is 292 g/mol. The molecule has 0 saturated heterocycles. The highest BCUT2D eigenvalue weighted by molar-refractivity contribution is 7.89. The summed E-state index contributed by atoms with van der Waals surface area (Å²) in [5.74, 6) is -0.481. The minimum atomic E-state index is -3.83. The van der Waals surface area contributed by atoms with Crippen LogP contribution in [-0.2, 0) is 14.8 Å². The van der Waals surface area contributed by atoms with Crippen LogP contribution in [-0.4, -0.2) is 25.1 Å². The average molecular weight is 314 g/mol. The lowest BCUT2D eigenvalue weighted by molar-refractivity contribution is 0.0197. The van der Waals surface area contributed by atoms with E-state index in [0.29, 0.717) is 0 Å². The van der Waals surface area contributed by atoms with Gasteiger partial charge in [-0.05, 0) is 45.6 Å². The van der Waals surface area contributed by atoms with Crippen LogP contribution >= 0.6 is 0 Å². The summed E-state index contributed by atoms with van der Waals surface area (Å²) in [6, 6.07) is 1.23. The van der Waals surface area contributed by atoms with Crippen molar-refractivity contribution < 1.29 is 17.9 Å². The average Bonchev–Trinajstić information content (AvgIpc) is 2.85. The maximum Gasteiger partial charge on any atom is 0.355 e. The fourth-order valence-electron chi connectivity index (χ4n) is 2.60. The molecule has 6 nitrogen and oxygen atoms in total. The second-order valence-electron chi connectivity index (χ2n) is 5.77. The molecule has 2 rings (SSSR count). The Morgan fingerprint density at radius 3 is 2.48 bits per heavy atom. The summed E-state index contributed by atoms with van der Waals surface area (Å²) in [5, 5.41) is 5.13. The van der Waals surface area contributed by atoms with Crippen molar-refractivity contribution in [3.63, 3.8) is 0 Å². The van der Waals surface area contributed by atoms with Crippen molar-refractivity contribution in [2.24, 2.45) is 5.14 Å². The van der Waals surface area contributed by atoms with Gasteiger partial charge in [-0.2, -0.15) is 0 Å². The van der Waals surface area contributed by atoms with Crippen LogP contribution in [0.1, 0.15) is 62.5 Å². The van der Waals surface area contributed by atoms with Gasteiger partial charge in [0.1, 0.15) is 16.7 Å². The first-order valence-electron chi connectivity index (χ1n) is 7.24. The first-order valence-corrected chi connectivity index (χ1v) is 8.79. The molecule has 0 bridgehead atoms. The van der Waals surface area contributed by atoms with Crippen LogP contribution in [0.5, 0.6) is 0 Å². The molecule has 1 fully saturated rings. The molecule has 1 aromatic rings. The molecule has 21 heavy (non-hydrogen) atoms. The predicted molar refractivity (Wildman–Crippen MR) is 78.5 cm³/mol. The lowest BCUT2D eigenvalue weighted by Gasteiger charge is -2.22. The number of hydrogen-bond acceptors (Lipinski definition) is 4. The normalized spacial score (nSPS) is 17.1. The Kier molecular flexibility index (Phi) is 4.73. The number of esters is 1. The van der Waals surface area contributed by atoms with Crippen molar-refractivity contribution in [3.8, 4) is 0 Å². The van der Waals surface area contributed by atoms with Crippen molar-refractivity contribution in [3.05, 3.63) is 18.0 Å². The summed E-state index contributed by atoms with van der Waals surface area (Å²) in [6.07, 6.45) is 6.35. The van der Waals surface area contributed by atoms with E-state index in [1.54, 1.807) is 4.57 Å². The van der Waals surface area contributed by atoms with Crippen LogP contribution < -0.4 is 5.14 Å². The number of hydrogen-bond donors (Lipinski definition) is 1. The Morgan fingerprint density at radius 1 is 1.33 bits per heavy atom. The molecule has 1 saturated carbocycles. The number of primary sulfonamides is 1. The first-order chi connectivity index (χ1) is 9.79. The maximum atomic E-state index is 12.3. The zero-order valence-corrected chi connectivity index (χ0v) is 13.2. The van der Waals surface area contributed by atoms with Gasteiger partial charge < -0.3 is 9.30 Å². The minimum Gasteiger partial charge on any atom is -0.458 e. The smallest absolute Gasteiger partial charge is 0.355 e. The van der Waals surface area contributed by atoms with Gasteiger partial charge in [0.25, 0.3) is 0 Å². The maximum absolute atomic E-state index is 12.3. The Balaban J connectivity index is 2.24. The number of aromatic nitrogens is 1. The SMILES string of the molecule is CC(C)n1cc(S(N)(=O)=O)cc1C(=O)OC1CCCCC1. The molecular formula is C14H22N2O4S. The van der Waals surface area contributed by atoms with E-state index in [1.165, 1.54) is 18.7 Å². The number of ether oxygens (including phenoxy) is 1. The first kappa shape index (κ1) is 16.0. The van der Waals surface area contributed by atoms with Crippen molar-refractivity contribution in [2.45, 2.75) is 63.0 Å². The summed E-state index contributed by atoms with van der Waals surface area (Å²) in [4.78, 5) is 12.2. The van der Waals surface area contributed by atoms with Gasteiger partial charge in [0.05, 0.1) is 0 Å². The molecule has 118 valence electrons. The number of nitrogens with zero attached hydrogens (tertiary/aromatic N) is 1. The summed E-state index contributed by atoms with van der Waals surface area (Å²) in [5.41, 5.74) is 0.236. The minimum absolute atomic E-state index is 0.0607. The number of sulfonamides is 1. The summed E-state index contributed by atoms with van der Waals surface area (Å²) < 4.78 is 30.0. The molecule has 0 spiro atoms. The van der Waals surface area contributed by atoms with E-state index in [1.807, 2.05) is 13.8 Å². The van der Waals surface area contributed by atoms with Crippen LogP contribution in [0.2, 0.25) is 0 Å². The predicted octanol–water partition coefficient (Wildman–Crippen LogP) is 2.21. The highest BCUT2D eigenvalue weighted by Gasteiger charge is 2.24. The Bertz CT molecular complexity index is 613. The fraction of sp³-hybridized carbons (Fsp3) is 0.643. The monoisotopic (exact) mass is 314 g/mol. The van der Waals surface area contributed by atoms with Crippen molar-refractivity contribution >= 4 is 16.0 Å². The molecule has 2 N–H and O–H groups in total. The lowest BCUT2D eigenvalue weighted by atomic mass is 9.98. The molecule has 7 heteroatoms. The standard InChI is InChI=1S/C14H22N2O4S/c1-10(2)16-9-12(21(15,18)19)8-13(16)14(17)20-11-6-4-3-5-7-11/h8-11H,3-7H2,1-2H3,(H2,15,18,19). The number of carbonyl (C=O) groups excluding carboxylic acids is 1. The van der Waals surface area contributed by atoms with E-state index < -0.39 is 16.0 Å². The second-order valence-corrected chi connectivity index (χ2v) is 7.33. The molecule has 0 amide bonds. The lowest BCUT2D eigenvalue weighted by Crippen LogP contribution is -2.23. The number of carbonyl (C=O) groups is 1. The molecule has 0 aliphatic heterocycles. The van der Waals surface area contributed by atoms with Gasteiger partial charge in [0.2, 0.25) is 10.0 Å². The molecule has 1 aliphatic rings. The summed E-state index contributed by atoms with van der Waals surface area (Å²) >= 11 is 0. The van der Waals surface area contributed by atoms with Crippen LogP contribution in [0.4, 0.5) is 0 Å². The topological polar surface area (TPSA) is 91.4 Å². The van der Waals surface area contributed by atoms with Gasteiger partial charge in [-0.3, -0.25) is 0 Å². The van der Waals surface area contributed by atoms with Gasteiger partial charge in [-0.25, -0.2) is 18.4 Å². The van der Waals surface area contributed by atoms with E-state index >= 15 is 0 Å². The molecule has 0 atom stereocenters. The number of rotatable bonds is 4. The second kappa shape index (κ2) is 6.19. The summed E-state index contributed by atoms with van der Waals surface area (Å²) in [6.45, 7) is 3.73. The molecule has 0 aromatic carbocycles. The molecule has 1 heterocycles. The van der Waals surface area contributed by atoms with Crippen molar-refractivity contribution in [1.29, 1.82) is 0 Å². The van der Waals surface area contributed by atoms with Crippen molar-refractivity contribution in [2.75, 3.05) is 0 Å². The quantitative estimate of drug-likeness (QED) is 0.862. The van der Waals surface area contributed by atoms with E-state index in [9.17, 15) is 13.2 Å². The van der Waals surface area contributed by atoms with Gasteiger partial charge in [-0.1, -0.05) is 6.42 Å². The van der Waals surface area contributed by atoms with Crippen molar-refractivity contribution in [1.82, 2.24) is 4.57 Å². The Hall–Kier alpha value is -1.34. The van der Waals surface area contributed by atoms with E-state index in [-0.39, 0.29) is 22.7 Å². The fourth-order valence-corrected chi connectivity index (χ4v) is 3.13. The third kappa shape index (κ3) is 3.85. The molecule has 0 radical (unpaired) electrons. The van der Waals surface area contributed by atoms with Gasteiger partial charge in [-0.15, -0.1) is 0 Å². The van der Waals surface area contributed by atoms with Gasteiger partial charge in [0, 0.05) is 12.2 Å². The Labute approximate surface area is 125 Å². The third-order valence-electron chi connectivity index (χ3n) is 3.74. The molecule has 1 aromatic heterocycles. The molecule has 1 aliphatic carbocycles. The molecule has 0 unspecified atom stereocenters. The van der Waals surface area contributed by atoms with Crippen LogP contribution in [0.25, 0.3) is 0 Å². The Morgan fingerprint density at radius 2 is 1.95 bits per heavy atom. The third-order valence-corrected chi connectivity index (χ3v) is 4.62. The summed E-state index contributed by atoms with van der Waals surface area (Å²) in [7, 11) is -3.83. The zero-order valence-electron chi connectivity index (χ0n) is 12.4. The largest absolute Gasteiger partial charge is 0.458 e. The van der Waals surface area contributed by atoms with Crippen LogP contribution in [0.15, 0.2) is 17.2 Å².